The number of hydrogen-bond donors (Lipinski definition) is 1. The first-order chi connectivity index (χ1) is 12.9. The monoisotopic (exact) mass is 398 g/mol. The van der Waals surface area contributed by atoms with Crippen molar-refractivity contribution in [1.29, 1.82) is 0 Å². The second-order valence-electron chi connectivity index (χ2n) is 7.34. The van der Waals surface area contributed by atoms with Crippen molar-refractivity contribution >= 4 is 39.0 Å². The average molecular weight is 399 g/mol. The maximum atomic E-state index is 5.94. The van der Waals surface area contributed by atoms with E-state index in [9.17, 15) is 0 Å². The van der Waals surface area contributed by atoms with Crippen molar-refractivity contribution in [2.24, 2.45) is 0 Å². The van der Waals surface area contributed by atoms with Crippen LogP contribution in [0.15, 0.2) is 46.6 Å². The van der Waals surface area contributed by atoms with Crippen molar-refractivity contribution in [3.8, 4) is 11.3 Å². The Labute approximate surface area is 166 Å². The molecule has 3 heterocycles. The third-order valence-electron chi connectivity index (χ3n) is 4.31. The Morgan fingerprint density at radius 2 is 1.93 bits per heavy atom. The third kappa shape index (κ3) is 3.68. The zero-order valence-corrected chi connectivity index (χ0v) is 16.9. The molecule has 0 radical (unpaired) electrons. The van der Waals surface area contributed by atoms with E-state index in [-0.39, 0.29) is 5.41 Å². The molecule has 4 rings (SSSR count). The summed E-state index contributed by atoms with van der Waals surface area (Å²) in [6.45, 7) is 7.08. The molecule has 0 fully saturated rings. The summed E-state index contributed by atoms with van der Waals surface area (Å²) < 4.78 is 5.48. The minimum absolute atomic E-state index is 0.0212. The minimum atomic E-state index is 0.0212. The van der Waals surface area contributed by atoms with Crippen LogP contribution in [-0.4, -0.2) is 15.1 Å². The molecule has 138 valence electrons. The lowest BCUT2D eigenvalue weighted by molar-refractivity contribution is 0.390. The van der Waals surface area contributed by atoms with Crippen LogP contribution in [-0.2, 0) is 12.0 Å². The van der Waals surface area contributed by atoms with E-state index < -0.39 is 0 Å². The van der Waals surface area contributed by atoms with E-state index in [2.05, 4.69) is 46.6 Å². The van der Waals surface area contributed by atoms with E-state index in [4.69, 9.17) is 16.1 Å². The summed E-state index contributed by atoms with van der Waals surface area (Å²) in [7, 11) is 0. The summed E-state index contributed by atoms with van der Waals surface area (Å²) in [6.07, 6.45) is 1.59. The fraction of sp³-hybridized carbons (Fsp3) is 0.250. The molecule has 0 spiro atoms. The highest BCUT2D eigenvalue weighted by molar-refractivity contribution is 7.17. The van der Waals surface area contributed by atoms with Crippen molar-refractivity contribution in [2.75, 3.05) is 5.32 Å². The molecule has 0 atom stereocenters. The van der Waals surface area contributed by atoms with Crippen molar-refractivity contribution in [2.45, 2.75) is 32.7 Å². The first kappa shape index (κ1) is 17.9. The summed E-state index contributed by atoms with van der Waals surface area (Å²) in [5.74, 6) is 1.55. The van der Waals surface area contributed by atoms with Gasteiger partial charge < -0.3 is 9.84 Å². The number of fused-ring (bicyclic) bond motifs is 1. The second-order valence-corrected chi connectivity index (χ2v) is 8.64. The summed E-state index contributed by atoms with van der Waals surface area (Å²) >= 11 is 7.58. The number of benzene rings is 1. The molecule has 0 saturated carbocycles. The van der Waals surface area contributed by atoms with Crippen LogP contribution >= 0.6 is 22.9 Å². The van der Waals surface area contributed by atoms with E-state index >= 15 is 0 Å². The Morgan fingerprint density at radius 3 is 2.67 bits per heavy atom. The highest BCUT2D eigenvalue weighted by Gasteiger charge is 2.21. The minimum Gasteiger partial charge on any atom is -0.362 e. The SMILES string of the molecule is CC(C)(C)c1csc2ncnc(NCc3cc(-c4ccc(Cl)cc4)no3)c12. The molecule has 0 aliphatic carbocycles. The average Bonchev–Trinajstić information content (AvgIpc) is 3.27. The lowest BCUT2D eigenvalue weighted by atomic mass is 9.87. The van der Waals surface area contributed by atoms with Gasteiger partial charge in [0.25, 0.3) is 0 Å². The Kier molecular flexibility index (Phi) is 4.61. The Morgan fingerprint density at radius 1 is 1.15 bits per heavy atom. The molecule has 0 amide bonds. The van der Waals surface area contributed by atoms with Gasteiger partial charge in [0.15, 0.2) is 5.76 Å². The molecular formula is C20H19ClN4OS. The summed E-state index contributed by atoms with van der Waals surface area (Å²) in [5.41, 5.74) is 3.01. The highest BCUT2D eigenvalue weighted by atomic mass is 35.5. The first-order valence-electron chi connectivity index (χ1n) is 8.60. The Hall–Kier alpha value is -2.44. The highest BCUT2D eigenvalue weighted by Crippen LogP contribution is 2.37. The summed E-state index contributed by atoms with van der Waals surface area (Å²) in [4.78, 5) is 9.84. The predicted molar refractivity (Wildman–Crippen MR) is 110 cm³/mol. The van der Waals surface area contributed by atoms with Crippen LogP contribution in [0, 0.1) is 0 Å². The molecule has 0 aliphatic heterocycles. The summed E-state index contributed by atoms with van der Waals surface area (Å²) in [5, 5.41) is 11.5. The van der Waals surface area contributed by atoms with Crippen LogP contribution in [0.4, 0.5) is 5.82 Å². The Bertz CT molecular complexity index is 1080. The normalized spacial score (nSPS) is 11.9. The number of thiophene rings is 1. The molecule has 5 nitrogen and oxygen atoms in total. The van der Waals surface area contributed by atoms with Crippen molar-refractivity contribution in [1.82, 2.24) is 15.1 Å². The maximum Gasteiger partial charge on any atom is 0.156 e. The lowest BCUT2D eigenvalue weighted by Crippen LogP contribution is -2.11. The number of nitrogens with one attached hydrogen (secondary N) is 1. The van der Waals surface area contributed by atoms with Gasteiger partial charge in [-0.2, -0.15) is 0 Å². The van der Waals surface area contributed by atoms with Crippen molar-refractivity contribution in [3.63, 3.8) is 0 Å². The first-order valence-corrected chi connectivity index (χ1v) is 9.85. The third-order valence-corrected chi connectivity index (χ3v) is 5.45. The molecule has 0 saturated heterocycles. The van der Waals surface area contributed by atoms with E-state index in [1.807, 2.05) is 30.3 Å². The van der Waals surface area contributed by atoms with E-state index in [0.717, 1.165) is 33.1 Å². The Balaban J connectivity index is 1.58. The number of nitrogens with zero attached hydrogens (tertiary/aromatic N) is 3. The van der Waals surface area contributed by atoms with E-state index in [1.165, 1.54) is 5.56 Å². The molecule has 3 aromatic heterocycles. The number of halogens is 1. The fourth-order valence-electron chi connectivity index (χ4n) is 2.88. The van der Waals surface area contributed by atoms with Gasteiger partial charge in [-0.1, -0.05) is 49.7 Å². The molecule has 0 aliphatic rings. The zero-order chi connectivity index (χ0) is 19.0. The molecule has 27 heavy (non-hydrogen) atoms. The van der Waals surface area contributed by atoms with Gasteiger partial charge in [-0.05, 0) is 28.5 Å². The van der Waals surface area contributed by atoms with Crippen LogP contribution in [0.25, 0.3) is 21.5 Å². The van der Waals surface area contributed by atoms with E-state index in [0.29, 0.717) is 11.6 Å². The van der Waals surface area contributed by atoms with Gasteiger partial charge in [0.1, 0.15) is 22.7 Å². The largest absolute Gasteiger partial charge is 0.362 e. The number of anilines is 1. The van der Waals surface area contributed by atoms with Gasteiger partial charge >= 0.3 is 0 Å². The molecule has 1 N–H and O–H groups in total. The maximum absolute atomic E-state index is 5.94. The van der Waals surface area contributed by atoms with Crippen LogP contribution in [0.1, 0.15) is 32.1 Å². The smallest absolute Gasteiger partial charge is 0.156 e. The molecule has 7 heteroatoms. The molecule has 1 aromatic carbocycles. The molecule has 0 unspecified atom stereocenters. The van der Waals surface area contributed by atoms with Gasteiger partial charge in [-0.15, -0.1) is 11.3 Å². The summed E-state index contributed by atoms with van der Waals surface area (Å²) in [6, 6.07) is 9.45. The van der Waals surface area contributed by atoms with Gasteiger partial charge in [-0.3, -0.25) is 0 Å². The van der Waals surface area contributed by atoms with Crippen LogP contribution in [0.3, 0.4) is 0 Å². The van der Waals surface area contributed by atoms with Crippen LogP contribution in [0.5, 0.6) is 0 Å². The van der Waals surface area contributed by atoms with Crippen LogP contribution in [0.2, 0.25) is 5.02 Å². The van der Waals surface area contributed by atoms with Crippen molar-refractivity contribution < 1.29 is 4.52 Å². The number of hydrogen-bond acceptors (Lipinski definition) is 6. The molecule has 4 aromatic rings. The number of aromatic nitrogens is 3. The van der Waals surface area contributed by atoms with Gasteiger partial charge in [0.05, 0.1) is 11.9 Å². The quantitative estimate of drug-likeness (QED) is 0.463. The van der Waals surface area contributed by atoms with Gasteiger partial charge in [-0.25, -0.2) is 9.97 Å². The van der Waals surface area contributed by atoms with E-state index in [1.54, 1.807) is 17.7 Å². The second kappa shape index (κ2) is 6.94. The molecule has 0 bridgehead atoms. The van der Waals surface area contributed by atoms with Crippen molar-refractivity contribution in [3.05, 3.63) is 58.4 Å². The molecular weight excluding hydrogens is 380 g/mol. The zero-order valence-electron chi connectivity index (χ0n) is 15.3. The van der Waals surface area contributed by atoms with Gasteiger partial charge in [0.2, 0.25) is 0 Å². The topological polar surface area (TPSA) is 63.8 Å². The predicted octanol–water partition coefficient (Wildman–Crippen LogP) is 5.91. The standard InChI is InChI=1S/C20H19ClN4OS/c1-20(2,3)15-10-27-19-17(15)18(23-11-24-19)22-9-14-8-16(25-26-14)12-4-6-13(21)7-5-12/h4-8,10-11H,9H2,1-3H3,(H,22,23,24). The number of rotatable bonds is 4. The van der Waals surface area contributed by atoms with Gasteiger partial charge in [0, 0.05) is 16.7 Å². The fourth-order valence-corrected chi connectivity index (χ4v) is 4.14. The van der Waals surface area contributed by atoms with Crippen LogP contribution < -0.4 is 5.32 Å². The lowest BCUT2D eigenvalue weighted by Gasteiger charge is -2.18.